The Hall–Kier alpha value is -0.530. The SMILES string of the molecule is CCCCCCCCCCCCN=C(C)N(CC)CC. The molecular formula is C18H38N2. The molecule has 0 aliphatic heterocycles. The third-order valence-corrected chi connectivity index (χ3v) is 4.07. The molecule has 0 amide bonds. The van der Waals surface area contributed by atoms with Gasteiger partial charge in [-0.25, -0.2) is 0 Å². The molecule has 0 spiro atoms. The molecule has 120 valence electrons. The van der Waals surface area contributed by atoms with Gasteiger partial charge in [0.25, 0.3) is 0 Å². The van der Waals surface area contributed by atoms with Crippen LogP contribution in [0.15, 0.2) is 4.99 Å². The zero-order chi connectivity index (χ0) is 15.1. The number of hydrogen-bond acceptors (Lipinski definition) is 1. The Kier molecular flexibility index (Phi) is 14.5. The summed E-state index contributed by atoms with van der Waals surface area (Å²) < 4.78 is 0. The molecule has 0 atom stereocenters. The third-order valence-electron chi connectivity index (χ3n) is 4.07. The van der Waals surface area contributed by atoms with Crippen molar-refractivity contribution >= 4 is 5.84 Å². The first-order valence-electron chi connectivity index (χ1n) is 9.02. The van der Waals surface area contributed by atoms with E-state index in [4.69, 9.17) is 0 Å². The Bertz CT molecular complexity index is 219. The minimum Gasteiger partial charge on any atom is -0.361 e. The minimum absolute atomic E-state index is 1.01. The van der Waals surface area contributed by atoms with Gasteiger partial charge in [0.1, 0.15) is 0 Å². The number of hydrogen-bond donors (Lipinski definition) is 0. The van der Waals surface area contributed by atoms with Crippen molar-refractivity contribution in [3.05, 3.63) is 0 Å². The lowest BCUT2D eigenvalue weighted by Crippen LogP contribution is -2.28. The predicted octanol–water partition coefficient (Wildman–Crippen LogP) is 5.67. The number of amidine groups is 1. The van der Waals surface area contributed by atoms with E-state index in [1.54, 1.807) is 0 Å². The van der Waals surface area contributed by atoms with Crippen molar-refractivity contribution in [2.75, 3.05) is 19.6 Å². The average Bonchev–Trinajstić information content (AvgIpc) is 2.46. The maximum Gasteiger partial charge on any atom is 0.0957 e. The van der Waals surface area contributed by atoms with Crippen LogP contribution in [0.5, 0.6) is 0 Å². The second kappa shape index (κ2) is 14.9. The highest BCUT2D eigenvalue weighted by Gasteiger charge is 1.99. The summed E-state index contributed by atoms with van der Waals surface area (Å²) in [4.78, 5) is 7.01. The largest absolute Gasteiger partial charge is 0.361 e. The van der Waals surface area contributed by atoms with Crippen molar-refractivity contribution in [2.24, 2.45) is 4.99 Å². The van der Waals surface area contributed by atoms with Crippen LogP contribution in [-0.4, -0.2) is 30.4 Å². The van der Waals surface area contributed by atoms with E-state index < -0.39 is 0 Å². The monoisotopic (exact) mass is 282 g/mol. The van der Waals surface area contributed by atoms with Crippen LogP contribution in [0.4, 0.5) is 0 Å². The number of aliphatic imine (C=N–C) groups is 1. The van der Waals surface area contributed by atoms with Crippen molar-refractivity contribution in [3.8, 4) is 0 Å². The topological polar surface area (TPSA) is 15.6 Å². The molecule has 2 heteroatoms. The van der Waals surface area contributed by atoms with Crippen LogP contribution in [0, 0.1) is 0 Å². The van der Waals surface area contributed by atoms with Gasteiger partial charge >= 0.3 is 0 Å². The third kappa shape index (κ3) is 11.3. The van der Waals surface area contributed by atoms with E-state index in [0.29, 0.717) is 0 Å². The van der Waals surface area contributed by atoms with Gasteiger partial charge in [0, 0.05) is 19.6 Å². The van der Waals surface area contributed by atoms with E-state index >= 15 is 0 Å². The summed E-state index contributed by atoms with van der Waals surface area (Å²) in [7, 11) is 0. The number of rotatable bonds is 13. The molecule has 0 unspecified atom stereocenters. The van der Waals surface area contributed by atoms with Crippen LogP contribution >= 0.6 is 0 Å². The zero-order valence-electron chi connectivity index (χ0n) is 14.6. The molecule has 0 N–H and O–H groups in total. The van der Waals surface area contributed by atoms with E-state index in [2.05, 4.69) is 37.6 Å². The van der Waals surface area contributed by atoms with Gasteiger partial charge in [0.05, 0.1) is 5.84 Å². The molecule has 0 aromatic rings. The van der Waals surface area contributed by atoms with Crippen LogP contribution in [0.1, 0.15) is 91.9 Å². The van der Waals surface area contributed by atoms with Gasteiger partial charge in [0.2, 0.25) is 0 Å². The van der Waals surface area contributed by atoms with E-state index in [0.717, 1.165) is 19.6 Å². The first-order chi connectivity index (χ1) is 9.76. The lowest BCUT2D eigenvalue weighted by Gasteiger charge is -2.20. The first kappa shape index (κ1) is 19.5. The number of nitrogens with zero attached hydrogens (tertiary/aromatic N) is 2. The summed E-state index contributed by atoms with van der Waals surface area (Å²) in [6, 6.07) is 0. The molecule has 0 radical (unpaired) electrons. The fourth-order valence-corrected chi connectivity index (χ4v) is 2.62. The maximum atomic E-state index is 4.68. The fraction of sp³-hybridized carbons (Fsp3) is 0.944. The highest BCUT2D eigenvalue weighted by atomic mass is 15.2. The Labute approximate surface area is 128 Å². The summed E-state index contributed by atoms with van der Waals surface area (Å²) >= 11 is 0. The van der Waals surface area contributed by atoms with Crippen molar-refractivity contribution in [2.45, 2.75) is 91.9 Å². The van der Waals surface area contributed by atoms with Crippen molar-refractivity contribution in [1.29, 1.82) is 0 Å². The van der Waals surface area contributed by atoms with Gasteiger partial charge in [-0.3, -0.25) is 4.99 Å². The Morgan fingerprint density at radius 1 is 0.700 bits per heavy atom. The Morgan fingerprint density at radius 2 is 1.15 bits per heavy atom. The second-order valence-electron chi connectivity index (χ2n) is 5.78. The van der Waals surface area contributed by atoms with Crippen molar-refractivity contribution < 1.29 is 0 Å². The second-order valence-corrected chi connectivity index (χ2v) is 5.78. The Balaban J connectivity index is 3.33. The molecule has 0 saturated carbocycles. The summed E-state index contributed by atoms with van der Waals surface area (Å²) in [5.41, 5.74) is 0. The van der Waals surface area contributed by atoms with E-state index in [1.165, 1.54) is 70.0 Å². The zero-order valence-corrected chi connectivity index (χ0v) is 14.6. The lowest BCUT2D eigenvalue weighted by atomic mass is 10.1. The predicted molar refractivity (Wildman–Crippen MR) is 92.7 cm³/mol. The lowest BCUT2D eigenvalue weighted by molar-refractivity contribution is 0.460. The quantitative estimate of drug-likeness (QED) is 0.241. The smallest absolute Gasteiger partial charge is 0.0957 e. The van der Waals surface area contributed by atoms with E-state index in [9.17, 15) is 0 Å². The summed E-state index contributed by atoms with van der Waals surface area (Å²) in [5.74, 6) is 1.21. The molecule has 0 bridgehead atoms. The summed E-state index contributed by atoms with van der Waals surface area (Å²) in [5, 5.41) is 0. The van der Waals surface area contributed by atoms with Gasteiger partial charge < -0.3 is 4.90 Å². The van der Waals surface area contributed by atoms with Crippen LogP contribution < -0.4 is 0 Å². The molecule has 0 rings (SSSR count). The molecule has 0 aromatic heterocycles. The van der Waals surface area contributed by atoms with Gasteiger partial charge in [-0.2, -0.15) is 0 Å². The molecule has 0 aromatic carbocycles. The van der Waals surface area contributed by atoms with Gasteiger partial charge in [-0.15, -0.1) is 0 Å². The maximum absolute atomic E-state index is 4.68. The molecule has 0 aliphatic carbocycles. The van der Waals surface area contributed by atoms with Gasteiger partial charge in [-0.05, 0) is 27.2 Å². The molecule has 0 fully saturated rings. The normalized spacial score (nSPS) is 11.9. The van der Waals surface area contributed by atoms with Gasteiger partial charge in [0.15, 0.2) is 0 Å². The fourth-order valence-electron chi connectivity index (χ4n) is 2.62. The van der Waals surface area contributed by atoms with E-state index in [1.807, 2.05) is 0 Å². The summed E-state index contributed by atoms with van der Waals surface area (Å²) in [6.45, 7) is 12.0. The molecule has 0 saturated heterocycles. The molecule has 0 heterocycles. The van der Waals surface area contributed by atoms with Gasteiger partial charge in [-0.1, -0.05) is 64.7 Å². The Morgan fingerprint density at radius 3 is 1.60 bits per heavy atom. The summed E-state index contributed by atoms with van der Waals surface area (Å²) in [6.07, 6.45) is 14.0. The van der Waals surface area contributed by atoms with E-state index in [-0.39, 0.29) is 0 Å². The van der Waals surface area contributed by atoms with Crippen LogP contribution in [0.25, 0.3) is 0 Å². The van der Waals surface area contributed by atoms with Crippen molar-refractivity contribution in [3.63, 3.8) is 0 Å². The van der Waals surface area contributed by atoms with Crippen LogP contribution in [-0.2, 0) is 0 Å². The van der Waals surface area contributed by atoms with Crippen molar-refractivity contribution in [1.82, 2.24) is 4.90 Å². The molecule has 20 heavy (non-hydrogen) atoms. The molecule has 2 nitrogen and oxygen atoms in total. The standard InChI is InChI=1S/C18H38N2/c1-5-8-9-10-11-12-13-14-15-16-17-19-18(4)20(6-2)7-3/h5-17H2,1-4H3. The highest BCUT2D eigenvalue weighted by Crippen LogP contribution is 2.10. The van der Waals surface area contributed by atoms with Crippen LogP contribution in [0.3, 0.4) is 0 Å². The first-order valence-corrected chi connectivity index (χ1v) is 9.02. The molecule has 0 aliphatic rings. The van der Waals surface area contributed by atoms with Crippen LogP contribution in [0.2, 0.25) is 0 Å². The molecular weight excluding hydrogens is 244 g/mol. The average molecular weight is 283 g/mol. The number of unbranched alkanes of at least 4 members (excludes halogenated alkanes) is 9. The minimum atomic E-state index is 1.01. The highest BCUT2D eigenvalue weighted by molar-refractivity contribution is 5.79.